The predicted octanol–water partition coefficient (Wildman–Crippen LogP) is 4.26. The van der Waals surface area contributed by atoms with Gasteiger partial charge in [0.05, 0.1) is 11.8 Å². The van der Waals surface area contributed by atoms with Gasteiger partial charge >= 0.3 is 0 Å². The van der Waals surface area contributed by atoms with E-state index in [1.54, 1.807) is 0 Å². The third-order valence-electron chi connectivity index (χ3n) is 5.38. The Morgan fingerprint density at radius 2 is 1.83 bits per heavy atom. The van der Waals surface area contributed by atoms with E-state index in [1.165, 1.54) is 4.31 Å². The number of nitrogens with one attached hydrogen (secondary N) is 1. The van der Waals surface area contributed by atoms with Gasteiger partial charge in [0.2, 0.25) is 15.9 Å². The maximum Gasteiger partial charge on any atom is 0.223 e. The summed E-state index contributed by atoms with van der Waals surface area (Å²) in [5.74, 6) is -0.148. The van der Waals surface area contributed by atoms with Crippen LogP contribution in [-0.2, 0) is 20.6 Å². The fourth-order valence-corrected chi connectivity index (χ4v) is 5.72. The summed E-state index contributed by atoms with van der Waals surface area (Å²) in [5.41, 5.74) is 1.85. The van der Waals surface area contributed by atoms with Gasteiger partial charge < -0.3 is 5.32 Å². The number of halogens is 1. The molecule has 7 heteroatoms. The Bertz CT molecular complexity index is 926. The highest BCUT2D eigenvalue weighted by Gasteiger charge is 2.31. The molecule has 0 spiro atoms. The molecule has 2 aromatic carbocycles. The summed E-state index contributed by atoms with van der Waals surface area (Å²) in [4.78, 5) is 12.7. The van der Waals surface area contributed by atoms with Gasteiger partial charge in [0, 0.05) is 23.5 Å². The fraction of sp³-hybridized carbons (Fsp3) is 0.409. The lowest BCUT2D eigenvalue weighted by Gasteiger charge is -2.31. The van der Waals surface area contributed by atoms with Crippen LogP contribution in [0, 0.1) is 5.92 Å². The fourth-order valence-electron chi connectivity index (χ4n) is 3.72. The van der Waals surface area contributed by atoms with Gasteiger partial charge in [-0.2, -0.15) is 0 Å². The Morgan fingerprint density at radius 1 is 1.14 bits per heavy atom. The molecule has 1 heterocycles. The Morgan fingerprint density at radius 3 is 2.45 bits per heavy atom. The average molecular weight is 479 g/mol. The van der Waals surface area contributed by atoms with Crippen LogP contribution in [0.3, 0.4) is 0 Å². The molecule has 0 saturated carbocycles. The number of benzene rings is 2. The number of amides is 1. The van der Waals surface area contributed by atoms with Gasteiger partial charge in [-0.05, 0) is 42.5 Å². The van der Waals surface area contributed by atoms with E-state index < -0.39 is 10.0 Å². The van der Waals surface area contributed by atoms with Crippen LogP contribution in [0.25, 0.3) is 0 Å². The number of carbonyl (C=O) groups is 1. The molecule has 5 nitrogen and oxygen atoms in total. The lowest BCUT2D eigenvalue weighted by molar-refractivity contribution is -0.126. The van der Waals surface area contributed by atoms with E-state index in [9.17, 15) is 13.2 Å². The Balaban J connectivity index is 1.56. The summed E-state index contributed by atoms with van der Waals surface area (Å²) < 4.78 is 27.9. The molecule has 1 N–H and O–H groups in total. The van der Waals surface area contributed by atoms with Crippen molar-refractivity contribution in [2.45, 2.75) is 38.0 Å². The SMILES string of the molecule is CCC(NC(=O)C1CCN(S(=O)(=O)Cc2cccc(Br)c2)CC1)c1ccccc1. The second-order valence-electron chi connectivity index (χ2n) is 7.44. The number of rotatable bonds is 7. The summed E-state index contributed by atoms with van der Waals surface area (Å²) in [5, 5.41) is 3.14. The molecule has 1 fully saturated rings. The van der Waals surface area contributed by atoms with Crippen LogP contribution in [-0.4, -0.2) is 31.7 Å². The predicted molar refractivity (Wildman–Crippen MR) is 119 cm³/mol. The van der Waals surface area contributed by atoms with Crippen LogP contribution in [0.2, 0.25) is 0 Å². The third-order valence-corrected chi connectivity index (χ3v) is 7.73. The van der Waals surface area contributed by atoms with Crippen LogP contribution in [0.4, 0.5) is 0 Å². The second-order valence-corrected chi connectivity index (χ2v) is 10.3. The zero-order valence-corrected chi connectivity index (χ0v) is 19.0. The summed E-state index contributed by atoms with van der Waals surface area (Å²) in [6.45, 7) is 2.82. The van der Waals surface area contributed by atoms with Gasteiger partial charge in [-0.3, -0.25) is 4.79 Å². The number of sulfonamides is 1. The van der Waals surface area contributed by atoms with Gasteiger partial charge in [-0.15, -0.1) is 0 Å². The number of carbonyl (C=O) groups excluding carboxylic acids is 1. The van der Waals surface area contributed by atoms with Gasteiger partial charge in [0.25, 0.3) is 0 Å². The first kappa shape index (κ1) is 22.0. The molecule has 2 aromatic rings. The molecule has 1 aliphatic rings. The van der Waals surface area contributed by atoms with E-state index in [2.05, 4.69) is 28.2 Å². The van der Waals surface area contributed by atoms with Crippen molar-refractivity contribution in [2.75, 3.05) is 13.1 Å². The highest BCUT2D eigenvalue weighted by molar-refractivity contribution is 9.10. The van der Waals surface area contributed by atoms with Crippen molar-refractivity contribution in [3.8, 4) is 0 Å². The van der Waals surface area contributed by atoms with Gasteiger partial charge in [0.15, 0.2) is 0 Å². The van der Waals surface area contributed by atoms with Crippen LogP contribution >= 0.6 is 15.9 Å². The first-order chi connectivity index (χ1) is 13.9. The van der Waals surface area contributed by atoms with Crippen molar-refractivity contribution in [3.63, 3.8) is 0 Å². The van der Waals surface area contributed by atoms with Gasteiger partial charge in [-0.1, -0.05) is 65.3 Å². The first-order valence-corrected chi connectivity index (χ1v) is 12.4. The van der Waals surface area contributed by atoms with Crippen LogP contribution < -0.4 is 5.32 Å². The molecule has 1 aliphatic heterocycles. The van der Waals surface area contributed by atoms with Crippen LogP contribution in [0.5, 0.6) is 0 Å². The molecular formula is C22H27BrN2O3S. The van der Waals surface area contributed by atoms with Crippen molar-refractivity contribution >= 4 is 31.9 Å². The number of hydrogen-bond donors (Lipinski definition) is 1. The molecule has 1 atom stereocenters. The maximum atomic E-state index is 12.8. The van der Waals surface area contributed by atoms with Crippen molar-refractivity contribution in [2.24, 2.45) is 5.92 Å². The minimum absolute atomic E-state index is 0.0120. The van der Waals surface area contributed by atoms with E-state index >= 15 is 0 Å². The first-order valence-electron chi connectivity index (χ1n) is 9.96. The summed E-state index contributed by atoms with van der Waals surface area (Å²) in [6, 6.07) is 17.3. The molecule has 1 unspecified atom stereocenters. The summed E-state index contributed by atoms with van der Waals surface area (Å²) in [7, 11) is -3.39. The largest absolute Gasteiger partial charge is 0.349 e. The van der Waals surface area contributed by atoms with Gasteiger partial charge in [0.1, 0.15) is 0 Å². The topological polar surface area (TPSA) is 66.5 Å². The zero-order valence-electron chi connectivity index (χ0n) is 16.6. The number of piperidine rings is 1. The quantitative estimate of drug-likeness (QED) is 0.646. The van der Waals surface area contributed by atoms with Crippen LogP contribution in [0.15, 0.2) is 59.1 Å². The highest BCUT2D eigenvalue weighted by Crippen LogP contribution is 2.24. The van der Waals surface area contributed by atoms with E-state index in [0.717, 1.165) is 22.0 Å². The smallest absolute Gasteiger partial charge is 0.223 e. The Kier molecular flexibility index (Phi) is 7.49. The molecule has 3 rings (SSSR count). The standard InChI is InChI=1S/C22H27BrN2O3S/c1-2-21(18-8-4-3-5-9-18)24-22(26)19-11-13-25(14-12-19)29(27,28)16-17-7-6-10-20(23)15-17/h3-10,15,19,21H,2,11-14,16H2,1H3,(H,24,26). The monoisotopic (exact) mass is 478 g/mol. The number of nitrogens with zero attached hydrogens (tertiary/aromatic N) is 1. The Labute approximate surface area is 181 Å². The minimum Gasteiger partial charge on any atom is -0.349 e. The molecule has 156 valence electrons. The van der Waals surface area contributed by atoms with E-state index in [4.69, 9.17) is 0 Å². The third kappa shape index (κ3) is 5.90. The summed E-state index contributed by atoms with van der Waals surface area (Å²) >= 11 is 3.38. The van der Waals surface area contributed by atoms with Crippen molar-refractivity contribution < 1.29 is 13.2 Å². The van der Waals surface area contributed by atoms with Crippen LogP contribution in [0.1, 0.15) is 43.4 Å². The van der Waals surface area contributed by atoms with E-state index in [1.807, 2.05) is 54.6 Å². The molecule has 1 amide bonds. The zero-order chi connectivity index (χ0) is 20.9. The lowest BCUT2D eigenvalue weighted by atomic mass is 9.96. The minimum atomic E-state index is -3.39. The summed E-state index contributed by atoms with van der Waals surface area (Å²) in [6.07, 6.45) is 1.92. The molecule has 0 aliphatic carbocycles. The molecule has 0 radical (unpaired) electrons. The molecule has 1 saturated heterocycles. The maximum absolute atomic E-state index is 12.8. The normalized spacial score (nSPS) is 17.0. The van der Waals surface area contributed by atoms with Crippen molar-refractivity contribution in [1.82, 2.24) is 9.62 Å². The van der Waals surface area contributed by atoms with Crippen molar-refractivity contribution in [1.29, 1.82) is 0 Å². The molecular weight excluding hydrogens is 452 g/mol. The van der Waals surface area contributed by atoms with Gasteiger partial charge in [-0.25, -0.2) is 12.7 Å². The highest BCUT2D eigenvalue weighted by atomic mass is 79.9. The number of hydrogen-bond acceptors (Lipinski definition) is 3. The van der Waals surface area contributed by atoms with Crippen molar-refractivity contribution in [3.05, 3.63) is 70.2 Å². The average Bonchev–Trinajstić information content (AvgIpc) is 2.72. The molecule has 0 bridgehead atoms. The van der Waals surface area contributed by atoms with E-state index in [-0.39, 0.29) is 23.6 Å². The molecule has 29 heavy (non-hydrogen) atoms. The second kappa shape index (κ2) is 9.87. The molecule has 0 aromatic heterocycles. The Hall–Kier alpha value is -1.70. The van der Waals surface area contributed by atoms with E-state index in [0.29, 0.717) is 25.9 Å². The lowest BCUT2D eigenvalue weighted by Crippen LogP contribution is -2.44.